The van der Waals surface area contributed by atoms with Gasteiger partial charge in [-0.05, 0) is 0 Å². The van der Waals surface area contributed by atoms with E-state index in [1.54, 1.807) is 0 Å². The van der Waals surface area contributed by atoms with Gasteiger partial charge in [0.2, 0.25) is 0 Å². The average Bonchev–Trinajstić information content (AvgIpc) is 2.21. The van der Waals surface area contributed by atoms with Gasteiger partial charge in [-0.3, -0.25) is 4.90 Å². The predicted octanol–water partition coefficient (Wildman–Crippen LogP) is 0.145. The summed E-state index contributed by atoms with van der Waals surface area (Å²) >= 11 is 0. The summed E-state index contributed by atoms with van der Waals surface area (Å²) in [5.74, 6) is 0. The van der Waals surface area contributed by atoms with Gasteiger partial charge < -0.3 is 15.4 Å². The molecule has 7 heteroatoms. The topological polar surface area (TPSA) is 36.5 Å². The number of hydrogen-bond donors (Lipinski definition) is 2. The maximum Gasteiger partial charge on any atom is 0.0594 e. The molecule has 2 aliphatic rings. The maximum absolute atomic E-state index is 5.31. The Balaban J connectivity index is 0. The minimum atomic E-state index is 0. The van der Waals surface area contributed by atoms with Gasteiger partial charge in [0.25, 0.3) is 0 Å². The zero-order chi connectivity index (χ0) is 8.93. The van der Waals surface area contributed by atoms with E-state index in [4.69, 9.17) is 4.74 Å². The van der Waals surface area contributed by atoms with Crippen LogP contribution in [0.3, 0.4) is 0 Å². The molecule has 0 radical (unpaired) electrons. The number of piperazine rings is 1. The molecular formula is C9H22Cl3N3O. The minimum absolute atomic E-state index is 0. The van der Waals surface area contributed by atoms with Crippen molar-refractivity contribution in [2.45, 2.75) is 6.04 Å². The molecular weight excluding hydrogens is 272 g/mol. The van der Waals surface area contributed by atoms with Gasteiger partial charge in [-0.15, -0.1) is 37.2 Å². The SMILES string of the molecule is C1CNC(CN2CCOCC2)CN1.Cl.Cl.Cl. The molecule has 2 N–H and O–H groups in total. The molecule has 2 heterocycles. The van der Waals surface area contributed by atoms with Gasteiger partial charge in [0.05, 0.1) is 13.2 Å². The molecule has 0 saturated carbocycles. The smallest absolute Gasteiger partial charge is 0.0594 e. The second-order valence-corrected chi connectivity index (χ2v) is 3.77. The molecule has 0 amide bonds. The van der Waals surface area contributed by atoms with E-state index in [2.05, 4.69) is 15.5 Å². The molecule has 100 valence electrons. The zero-order valence-electron chi connectivity index (χ0n) is 9.31. The lowest BCUT2D eigenvalue weighted by molar-refractivity contribution is 0.0328. The number of rotatable bonds is 2. The van der Waals surface area contributed by atoms with Crippen LogP contribution in [0.25, 0.3) is 0 Å². The van der Waals surface area contributed by atoms with Crippen LogP contribution < -0.4 is 10.6 Å². The van der Waals surface area contributed by atoms with Gasteiger partial charge in [-0.25, -0.2) is 0 Å². The first-order valence-corrected chi connectivity index (χ1v) is 5.19. The third-order valence-electron chi connectivity index (χ3n) is 2.71. The second-order valence-electron chi connectivity index (χ2n) is 3.77. The van der Waals surface area contributed by atoms with Crippen LogP contribution in [-0.4, -0.2) is 63.4 Å². The van der Waals surface area contributed by atoms with Crippen LogP contribution in [0.2, 0.25) is 0 Å². The second kappa shape index (κ2) is 10.8. The Morgan fingerprint density at radius 2 is 1.75 bits per heavy atom. The first-order valence-electron chi connectivity index (χ1n) is 5.19. The lowest BCUT2D eigenvalue weighted by atomic mass is 10.2. The van der Waals surface area contributed by atoms with Crippen LogP contribution in [0.4, 0.5) is 0 Å². The monoisotopic (exact) mass is 293 g/mol. The Morgan fingerprint density at radius 1 is 1.06 bits per heavy atom. The van der Waals surface area contributed by atoms with Gasteiger partial charge in [-0.1, -0.05) is 0 Å². The van der Waals surface area contributed by atoms with Crippen molar-refractivity contribution in [1.29, 1.82) is 0 Å². The molecule has 1 atom stereocenters. The summed E-state index contributed by atoms with van der Waals surface area (Å²) in [5, 5.41) is 6.93. The number of morpholine rings is 1. The van der Waals surface area contributed by atoms with E-state index in [0.29, 0.717) is 6.04 Å². The van der Waals surface area contributed by atoms with E-state index in [1.807, 2.05) is 0 Å². The molecule has 1 unspecified atom stereocenters. The van der Waals surface area contributed by atoms with Crippen molar-refractivity contribution in [3.05, 3.63) is 0 Å². The number of hydrogen-bond acceptors (Lipinski definition) is 4. The molecule has 4 nitrogen and oxygen atoms in total. The zero-order valence-corrected chi connectivity index (χ0v) is 11.8. The number of ether oxygens (including phenoxy) is 1. The molecule has 2 saturated heterocycles. The molecule has 2 fully saturated rings. The molecule has 0 aromatic rings. The largest absolute Gasteiger partial charge is 0.379 e. The minimum Gasteiger partial charge on any atom is -0.379 e. The highest BCUT2D eigenvalue weighted by atomic mass is 35.5. The third kappa shape index (κ3) is 6.45. The van der Waals surface area contributed by atoms with Crippen LogP contribution in [0, 0.1) is 0 Å². The van der Waals surface area contributed by atoms with Crippen molar-refractivity contribution in [1.82, 2.24) is 15.5 Å². The highest BCUT2D eigenvalue weighted by Crippen LogP contribution is 1.99. The van der Waals surface area contributed by atoms with Crippen LogP contribution in [0.1, 0.15) is 0 Å². The Morgan fingerprint density at radius 3 is 2.31 bits per heavy atom. The fourth-order valence-corrected chi connectivity index (χ4v) is 1.94. The summed E-state index contributed by atoms with van der Waals surface area (Å²) in [6, 6.07) is 0.631. The standard InChI is InChI=1S/C9H19N3O.3ClH/c1-2-11-9(7-10-1)8-12-3-5-13-6-4-12;;;/h9-11H,1-8H2;3*1H. The predicted molar refractivity (Wildman–Crippen MR) is 73.7 cm³/mol. The average molecular weight is 295 g/mol. The highest BCUT2D eigenvalue weighted by Gasteiger charge is 2.17. The first kappa shape index (κ1) is 19.1. The summed E-state index contributed by atoms with van der Waals surface area (Å²) in [4.78, 5) is 2.48. The van der Waals surface area contributed by atoms with E-state index >= 15 is 0 Å². The van der Waals surface area contributed by atoms with Gasteiger partial charge in [0, 0.05) is 45.3 Å². The Hall–Kier alpha value is 0.710. The lowest BCUT2D eigenvalue weighted by Crippen LogP contribution is -2.54. The summed E-state index contributed by atoms with van der Waals surface area (Å²) in [6.45, 7) is 8.49. The van der Waals surface area contributed by atoms with E-state index in [0.717, 1.165) is 52.5 Å². The van der Waals surface area contributed by atoms with Crippen molar-refractivity contribution in [3.63, 3.8) is 0 Å². The first-order chi connectivity index (χ1) is 6.45. The normalized spacial score (nSPS) is 25.9. The van der Waals surface area contributed by atoms with E-state index < -0.39 is 0 Å². The quantitative estimate of drug-likeness (QED) is 0.760. The van der Waals surface area contributed by atoms with Crippen molar-refractivity contribution in [3.8, 4) is 0 Å². The lowest BCUT2D eigenvalue weighted by Gasteiger charge is -2.32. The molecule has 0 aliphatic carbocycles. The Labute approximate surface area is 116 Å². The van der Waals surface area contributed by atoms with Gasteiger partial charge in [0.1, 0.15) is 0 Å². The van der Waals surface area contributed by atoms with Crippen LogP contribution in [0.15, 0.2) is 0 Å². The Bertz CT molecular complexity index is 137. The van der Waals surface area contributed by atoms with Crippen LogP contribution >= 0.6 is 37.2 Å². The molecule has 2 aliphatic heterocycles. The maximum atomic E-state index is 5.31. The number of halogens is 3. The van der Waals surface area contributed by atoms with Gasteiger partial charge in [0.15, 0.2) is 0 Å². The van der Waals surface area contributed by atoms with E-state index in [1.165, 1.54) is 0 Å². The van der Waals surface area contributed by atoms with Crippen molar-refractivity contribution in [2.24, 2.45) is 0 Å². The Kier molecular flexibility index (Phi) is 12.9. The molecule has 0 spiro atoms. The summed E-state index contributed by atoms with van der Waals surface area (Å²) in [7, 11) is 0. The summed E-state index contributed by atoms with van der Waals surface area (Å²) in [6.07, 6.45) is 0. The fraction of sp³-hybridized carbons (Fsp3) is 1.00. The molecule has 16 heavy (non-hydrogen) atoms. The van der Waals surface area contributed by atoms with Crippen LogP contribution in [-0.2, 0) is 4.74 Å². The fourth-order valence-electron chi connectivity index (χ4n) is 1.94. The van der Waals surface area contributed by atoms with E-state index in [-0.39, 0.29) is 37.2 Å². The highest BCUT2D eigenvalue weighted by molar-refractivity contribution is 5.86. The van der Waals surface area contributed by atoms with Gasteiger partial charge >= 0.3 is 0 Å². The van der Waals surface area contributed by atoms with Crippen molar-refractivity contribution < 1.29 is 4.74 Å². The molecule has 2 rings (SSSR count). The molecule has 0 bridgehead atoms. The summed E-state index contributed by atoms with van der Waals surface area (Å²) < 4.78 is 5.31. The van der Waals surface area contributed by atoms with Crippen molar-refractivity contribution in [2.75, 3.05) is 52.5 Å². The summed E-state index contributed by atoms with van der Waals surface area (Å²) in [5.41, 5.74) is 0. The van der Waals surface area contributed by atoms with E-state index in [9.17, 15) is 0 Å². The third-order valence-corrected chi connectivity index (χ3v) is 2.71. The molecule has 0 aromatic carbocycles. The van der Waals surface area contributed by atoms with Crippen LogP contribution in [0.5, 0.6) is 0 Å². The van der Waals surface area contributed by atoms with Crippen molar-refractivity contribution >= 4 is 37.2 Å². The number of nitrogens with zero attached hydrogens (tertiary/aromatic N) is 1. The number of nitrogens with one attached hydrogen (secondary N) is 2. The molecule has 0 aromatic heterocycles. The van der Waals surface area contributed by atoms with Gasteiger partial charge in [-0.2, -0.15) is 0 Å².